The fourth-order valence-corrected chi connectivity index (χ4v) is 18.1. The lowest BCUT2D eigenvalue weighted by Gasteiger charge is -2.44. The van der Waals surface area contributed by atoms with E-state index in [-0.39, 0.29) is 21.4 Å². The Morgan fingerprint density at radius 2 is 1.64 bits per heavy atom. The summed E-state index contributed by atoms with van der Waals surface area (Å²) in [6, 6.07) is 18.1. The molecule has 42 heavy (non-hydrogen) atoms. The predicted octanol–water partition coefficient (Wildman–Crippen LogP) is 4.88. The van der Waals surface area contributed by atoms with Crippen LogP contribution in [0.3, 0.4) is 0 Å². The molecule has 0 aromatic heterocycles. The number of carbonyl (C=O) groups excluding carboxylic acids is 1. The van der Waals surface area contributed by atoms with Gasteiger partial charge in [0.1, 0.15) is 8.47 Å². The summed E-state index contributed by atoms with van der Waals surface area (Å²) in [5.41, 5.74) is -0.439. The Morgan fingerprint density at radius 3 is 2.10 bits per heavy atom. The molecular formula is C29H37ClN2O6S3Si. The Hall–Kier alpha value is -2.09. The lowest BCUT2D eigenvalue weighted by molar-refractivity contribution is 0.0928. The number of sulfonamides is 1. The number of rotatable bonds is 8. The monoisotopic (exact) mass is 668 g/mol. The van der Waals surface area contributed by atoms with E-state index in [1.54, 1.807) is 13.8 Å². The van der Waals surface area contributed by atoms with E-state index in [1.165, 1.54) is 17.9 Å². The van der Waals surface area contributed by atoms with E-state index < -0.39 is 56.1 Å². The van der Waals surface area contributed by atoms with Crippen LogP contribution in [-0.2, 0) is 24.6 Å². The average Bonchev–Trinajstić information content (AvgIpc) is 3.15. The molecule has 0 aliphatic carbocycles. The second kappa shape index (κ2) is 12.1. The number of carbonyl (C=O) groups is 1. The lowest BCUT2D eigenvalue weighted by Crippen LogP contribution is -2.74. The maximum absolute atomic E-state index is 14.5. The van der Waals surface area contributed by atoms with Gasteiger partial charge in [-0.15, -0.1) is 0 Å². The maximum atomic E-state index is 14.5. The zero-order chi connectivity index (χ0) is 31.1. The number of alkyl halides is 1. The van der Waals surface area contributed by atoms with Gasteiger partial charge in [-0.3, -0.25) is 4.90 Å². The summed E-state index contributed by atoms with van der Waals surface area (Å²) in [7, 11) is -11.5. The molecule has 0 fully saturated rings. The molecule has 0 saturated carbocycles. The molecule has 2 aliphatic rings. The molecule has 1 N–H and O–H groups in total. The third kappa shape index (κ3) is 5.98. The van der Waals surface area contributed by atoms with Gasteiger partial charge in [0.15, 0.2) is 15.4 Å². The Bertz CT molecular complexity index is 1570. The molecule has 2 heterocycles. The molecule has 0 bridgehead atoms. The Kier molecular flexibility index (Phi) is 9.47. The average molecular weight is 669 g/mol. The molecule has 0 radical (unpaired) electrons. The van der Waals surface area contributed by atoms with E-state index in [9.17, 15) is 21.6 Å². The van der Waals surface area contributed by atoms with Crippen molar-refractivity contribution in [1.29, 1.82) is 0 Å². The molecule has 2 aromatic carbocycles. The summed E-state index contributed by atoms with van der Waals surface area (Å²) in [5.74, 6) is 0. The fraction of sp³-hybridized carbons (Fsp3) is 0.414. The van der Waals surface area contributed by atoms with Crippen molar-refractivity contribution in [3.05, 3.63) is 80.8 Å². The molecule has 228 valence electrons. The van der Waals surface area contributed by atoms with Gasteiger partial charge in [-0.1, -0.05) is 105 Å². The second-order valence-electron chi connectivity index (χ2n) is 11.5. The topological polar surface area (TPSA) is 110 Å². The highest BCUT2D eigenvalue weighted by Gasteiger charge is 2.53. The van der Waals surface area contributed by atoms with E-state index in [2.05, 4.69) is 4.39 Å². The number of nitrogens with zero attached hydrogens (tertiary/aromatic N) is 1. The Balaban J connectivity index is 1.90. The first-order valence-electron chi connectivity index (χ1n) is 13.7. The molecule has 13 heteroatoms. The molecule has 2 aromatic rings. The first-order valence-corrected chi connectivity index (χ1v) is 20.0. The first-order chi connectivity index (χ1) is 19.6. The standard InChI is InChI=1S/C29H37ClN2O6S3Si/c1-7-32(28(33)38-21(3)30)25-19-26(39-27-24(25)18-20(2)40(27,34)35)41(36,37)31-42(29(4,5)6,22-14-10-8-11-15-22)23-16-12-9-13-17-23/h8-17,19-21,25,31H,7,18H2,1-6H3/t20?,21?,25-/m0/s1. The Labute approximate surface area is 259 Å². The van der Waals surface area contributed by atoms with Gasteiger partial charge in [0.05, 0.1) is 11.3 Å². The minimum atomic E-state index is -4.32. The van der Waals surface area contributed by atoms with Crippen LogP contribution in [0.1, 0.15) is 48.0 Å². The molecule has 4 rings (SSSR count). The summed E-state index contributed by atoms with van der Waals surface area (Å²) in [6.07, 6.45) is 0.899. The van der Waals surface area contributed by atoms with Crippen molar-refractivity contribution in [2.24, 2.45) is 0 Å². The lowest BCUT2D eigenvalue weighted by atomic mass is 10.0. The van der Waals surface area contributed by atoms with Gasteiger partial charge in [-0.05, 0) is 54.3 Å². The number of halogens is 1. The molecule has 0 saturated heterocycles. The predicted molar refractivity (Wildman–Crippen MR) is 173 cm³/mol. The van der Waals surface area contributed by atoms with Gasteiger partial charge in [0.2, 0.25) is 18.3 Å². The molecule has 1 amide bonds. The third-order valence-corrected chi connectivity index (χ3v) is 20.0. The molecule has 2 unspecified atom stereocenters. The van der Waals surface area contributed by atoms with Crippen LogP contribution < -0.4 is 14.8 Å². The summed E-state index contributed by atoms with van der Waals surface area (Å²) >= 11 is 6.67. The number of thioether (sulfide) groups is 1. The second-order valence-corrected chi connectivity index (χ2v) is 22.4. The van der Waals surface area contributed by atoms with Crippen LogP contribution in [0.25, 0.3) is 0 Å². The SMILES string of the molecule is CCN(C(=O)OC(C)Cl)[C@H]1C=C(S(=O)(=O)N[Si](c2ccccc2)(c2ccccc2)C(C)(C)C)SC2=C1CC(C)S2(=O)=O. The van der Waals surface area contributed by atoms with Gasteiger partial charge in [-0.2, -0.15) is 0 Å². The normalized spacial score (nSPS) is 21.4. The largest absolute Gasteiger partial charge is 0.430 e. The van der Waals surface area contributed by atoms with Gasteiger partial charge in [-0.25, -0.2) is 26.0 Å². The first kappa shape index (κ1) is 32.8. The summed E-state index contributed by atoms with van der Waals surface area (Å²) in [6.45, 7) is 11.0. The summed E-state index contributed by atoms with van der Waals surface area (Å²) in [4.78, 5) is 14.4. The van der Waals surface area contributed by atoms with Gasteiger partial charge >= 0.3 is 6.09 Å². The van der Waals surface area contributed by atoms with Crippen molar-refractivity contribution in [3.63, 3.8) is 0 Å². The van der Waals surface area contributed by atoms with Crippen LogP contribution >= 0.6 is 23.4 Å². The van der Waals surface area contributed by atoms with Crippen molar-refractivity contribution in [2.45, 2.75) is 69.9 Å². The fourth-order valence-electron chi connectivity index (χ4n) is 5.59. The quantitative estimate of drug-likeness (QED) is 0.315. The van der Waals surface area contributed by atoms with Crippen LogP contribution in [0.5, 0.6) is 0 Å². The third-order valence-electron chi connectivity index (χ3n) is 7.67. The number of amides is 1. The number of ether oxygens (including phenoxy) is 1. The van der Waals surface area contributed by atoms with Crippen molar-refractivity contribution in [2.75, 3.05) is 6.54 Å². The highest BCUT2D eigenvalue weighted by molar-refractivity contribution is 8.28. The molecule has 2 aliphatic heterocycles. The molecule has 0 spiro atoms. The van der Waals surface area contributed by atoms with E-state index in [0.717, 1.165) is 22.1 Å². The van der Waals surface area contributed by atoms with Crippen LogP contribution in [0.15, 0.2) is 80.8 Å². The van der Waals surface area contributed by atoms with Crippen molar-refractivity contribution >= 4 is 67.9 Å². The van der Waals surface area contributed by atoms with Crippen molar-refractivity contribution in [3.8, 4) is 0 Å². The zero-order valence-electron chi connectivity index (χ0n) is 24.5. The van der Waals surface area contributed by atoms with E-state index in [4.69, 9.17) is 16.3 Å². The van der Waals surface area contributed by atoms with E-state index in [0.29, 0.717) is 5.57 Å². The van der Waals surface area contributed by atoms with Crippen LogP contribution in [0, 0.1) is 0 Å². The highest BCUT2D eigenvalue weighted by atomic mass is 35.5. The number of likely N-dealkylation sites (N-methyl/N-ethyl adjacent to an activating group) is 1. The van der Waals surface area contributed by atoms with Gasteiger partial charge in [0, 0.05) is 6.54 Å². The summed E-state index contributed by atoms with van der Waals surface area (Å²) in [5, 5.41) is 0.430. The van der Waals surface area contributed by atoms with Gasteiger partial charge < -0.3 is 4.74 Å². The number of sulfone groups is 1. The smallest absolute Gasteiger partial charge is 0.411 e. The van der Waals surface area contributed by atoms with Crippen LogP contribution in [-0.4, -0.2) is 59.5 Å². The molecule has 8 nitrogen and oxygen atoms in total. The van der Waals surface area contributed by atoms with Crippen LogP contribution in [0.2, 0.25) is 5.04 Å². The summed E-state index contributed by atoms with van der Waals surface area (Å²) < 4.78 is 64.1. The minimum absolute atomic E-state index is 0.0181. The highest BCUT2D eigenvalue weighted by Crippen LogP contribution is 2.49. The van der Waals surface area contributed by atoms with Gasteiger partial charge in [0.25, 0.3) is 0 Å². The van der Waals surface area contributed by atoms with Crippen molar-refractivity contribution in [1.82, 2.24) is 9.29 Å². The zero-order valence-corrected chi connectivity index (χ0v) is 28.7. The number of benzene rings is 2. The number of nitrogens with one attached hydrogen (secondary N) is 1. The number of hydrogen-bond donors (Lipinski definition) is 1. The number of hydrogen-bond acceptors (Lipinski definition) is 7. The maximum Gasteiger partial charge on any atom is 0.411 e. The van der Waals surface area contributed by atoms with E-state index >= 15 is 0 Å². The van der Waals surface area contributed by atoms with Crippen LogP contribution in [0.4, 0.5) is 4.79 Å². The molecule has 3 atom stereocenters. The Morgan fingerprint density at radius 1 is 1.12 bits per heavy atom. The van der Waals surface area contributed by atoms with Crippen molar-refractivity contribution < 1.29 is 26.4 Å². The van der Waals surface area contributed by atoms with E-state index in [1.807, 2.05) is 81.4 Å². The minimum Gasteiger partial charge on any atom is -0.430 e. The molecular weight excluding hydrogens is 632 g/mol.